The van der Waals surface area contributed by atoms with Crippen LogP contribution in [0.25, 0.3) is 0 Å². The van der Waals surface area contributed by atoms with Crippen LogP contribution in [0.15, 0.2) is 42.5 Å². The minimum absolute atomic E-state index is 0.137. The minimum atomic E-state index is -0.657. The van der Waals surface area contributed by atoms with Gasteiger partial charge in [-0.1, -0.05) is 35.9 Å². The standard InChI is InChI=1S/C25H29NO4/c1-16-12-13-17(2)22(14-16)24(28)20-10-5-6-11-21(20)25(29)30-15-23(27)26-18(3)8-7-9-19(26)4/h5-6,10-14,18-19H,7-9,15H2,1-4H3/t18-,19-/m1/s1. The number of likely N-dealkylation sites (tertiary alicyclic amines) is 1. The molecular weight excluding hydrogens is 378 g/mol. The van der Waals surface area contributed by atoms with E-state index in [2.05, 4.69) is 0 Å². The van der Waals surface area contributed by atoms with Crippen molar-refractivity contribution in [3.05, 3.63) is 70.3 Å². The van der Waals surface area contributed by atoms with Crippen molar-refractivity contribution < 1.29 is 19.1 Å². The van der Waals surface area contributed by atoms with Crippen molar-refractivity contribution in [3.8, 4) is 0 Å². The van der Waals surface area contributed by atoms with Gasteiger partial charge in [0, 0.05) is 23.2 Å². The average Bonchev–Trinajstić information content (AvgIpc) is 2.73. The molecule has 2 aromatic carbocycles. The minimum Gasteiger partial charge on any atom is -0.452 e. The summed E-state index contributed by atoms with van der Waals surface area (Å²) in [6.07, 6.45) is 3.01. The lowest BCUT2D eigenvalue weighted by Gasteiger charge is -2.38. The van der Waals surface area contributed by atoms with Crippen LogP contribution in [0.1, 0.15) is 70.5 Å². The van der Waals surface area contributed by atoms with Crippen molar-refractivity contribution in [2.24, 2.45) is 0 Å². The monoisotopic (exact) mass is 407 g/mol. The molecular formula is C25H29NO4. The molecule has 1 saturated heterocycles. The molecule has 158 valence electrons. The second-order valence-electron chi connectivity index (χ2n) is 8.20. The number of nitrogens with zero attached hydrogens (tertiary/aromatic N) is 1. The number of ether oxygens (including phenoxy) is 1. The van der Waals surface area contributed by atoms with E-state index in [0.29, 0.717) is 5.56 Å². The van der Waals surface area contributed by atoms with Crippen LogP contribution >= 0.6 is 0 Å². The highest BCUT2D eigenvalue weighted by atomic mass is 16.5. The first-order valence-electron chi connectivity index (χ1n) is 10.5. The van der Waals surface area contributed by atoms with Gasteiger partial charge >= 0.3 is 5.97 Å². The number of hydrogen-bond acceptors (Lipinski definition) is 4. The van der Waals surface area contributed by atoms with Crippen molar-refractivity contribution in [3.63, 3.8) is 0 Å². The Labute approximate surface area is 178 Å². The van der Waals surface area contributed by atoms with E-state index in [0.717, 1.165) is 30.4 Å². The molecule has 1 amide bonds. The Morgan fingerprint density at radius 1 is 0.933 bits per heavy atom. The van der Waals surface area contributed by atoms with E-state index in [4.69, 9.17) is 4.74 Å². The topological polar surface area (TPSA) is 63.7 Å². The van der Waals surface area contributed by atoms with Crippen molar-refractivity contribution in [2.75, 3.05) is 6.61 Å². The maximum absolute atomic E-state index is 13.1. The van der Waals surface area contributed by atoms with E-state index in [-0.39, 0.29) is 41.5 Å². The highest BCUT2D eigenvalue weighted by molar-refractivity contribution is 6.15. The smallest absolute Gasteiger partial charge is 0.339 e. The third kappa shape index (κ3) is 4.61. The predicted octanol–water partition coefficient (Wildman–Crippen LogP) is 4.48. The van der Waals surface area contributed by atoms with E-state index in [1.807, 2.05) is 50.8 Å². The third-order valence-corrected chi connectivity index (χ3v) is 5.84. The number of amides is 1. The van der Waals surface area contributed by atoms with Crippen LogP contribution in [0.2, 0.25) is 0 Å². The van der Waals surface area contributed by atoms with Gasteiger partial charge in [0.2, 0.25) is 0 Å². The second-order valence-corrected chi connectivity index (χ2v) is 8.20. The first-order valence-corrected chi connectivity index (χ1v) is 10.5. The first-order chi connectivity index (χ1) is 14.3. The Morgan fingerprint density at radius 2 is 1.57 bits per heavy atom. The molecule has 0 N–H and O–H groups in total. The molecule has 5 heteroatoms. The molecule has 5 nitrogen and oxygen atoms in total. The van der Waals surface area contributed by atoms with E-state index in [1.54, 1.807) is 24.3 Å². The van der Waals surface area contributed by atoms with E-state index < -0.39 is 5.97 Å². The Kier molecular flexibility index (Phi) is 6.70. The zero-order valence-electron chi connectivity index (χ0n) is 18.1. The van der Waals surface area contributed by atoms with Crippen molar-refractivity contribution in [1.29, 1.82) is 0 Å². The molecule has 0 aliphatic carbocycles. The quantitative estimate of drug-likeness (QED) is 0.541. The zero-order chi connectivity index (χ0) is 21.8. The van der Waals surface area contributed by atoms with Gasteiger partial charge in [-0.05, 0) is 64.7 Å². The number of carbonyl (C=O) groups excluding carboxylic acids is 3. The summed E-state index contributed by atoms with van der Waals surface area (Å²) in [5.41, 5.74) is 2.83. The fraction of sp³-hybridized carbons (Fsp3) is 0.400. The maximum atomic E-state index is 13.1. The highest BCUT2D eigenvalue weighted by Crippen LogP contribution is 2.23. The van der Waals surface area contributed by atoms with Gasteiger partial charge in [0.25, 0.3) is 5.91 Å². The summed E-state index contributed by atoms with van der Waals surface area (Å²) in [4.78, 5) is 40.4. The summed E-state index contributed by atoms with van der Waals surface area (Å²) in [5, 5.41) is 0. The van der Waals surface area contributed by atoms with Crippen molar-refractivity contribution >= 4 is 17.7 Å². The van der Waals surface area contributed by atoms with E-state index >= 15 is 0 Å². The summed E-state index contributed by atoms with van der Waals surface area (Å²) < 4.78 is 5.34. The molecule has 0 unspecified atom stereocenters. The molecule has 1 aliphatic rings. The van der Waals surface area contributed by atoms with Crippen LogP contribution in [-0.4, -0.2) is 41.3 Å². The molecule has 0 aromatic heterocycles. The van der Waals surface area contributed by atoms with Gasteiger partial charge < -0.3 is 9.64 Å². The normalized spacial score (nSPS) is 18.7. The Hall–Kier alpha value is -2.95. The van der Waals surface area contributed by atoms with Gasteiger partial charge in [0.1, 0.15) is 0 Å². The van der Waals surface area contributed by atoms with Gasteiger partial charge in [0.15, 0.2) is 12.4 Å². The van der Waals surface area contributed by atoms with Gasteiger partial charge in [-0.3, -0.25) is 9.59 Å². The summed E-state index contributed by atoms with van der Waals surface area (Å²) in [6.45, 7) is 7.51. The number of benzene rings is 2. The van der Waals surface area contributed by atoms with Crippen molar-refractivity contribution in [2.45, 2.75) is 59.0 Å². The van der Waals surface area contributed by atoms with Crippen LogP contribution in [-0.2, 0) is 9.53 Å². The van der Waals surface area contributed by atoms with Crippen LogP contribution in [0.3, 0.4) is 0 Å². The largest absolute Gasteiger partial charge is 0.452 e. The molecule has 0 saturated carbocycles. The molecule has 2 aromatic rings. The number of esters is 1. The summed E-state index contributed by atoms with van der Waals surface area (Å²) in [7, 11) is 0. The lowest BCUT2D eigenvalue weighted by molar-refractivity contribution is -0.140. The highest BCUT2D eigenvalue weighted by Gasteiger charge is 2.30. The van der Waals surface area contributed by atoms with Gasteiger partial charge in [0.05, 0.1) is 5.56 Å². The maximum Gasteiger partial charge on any atom is 0.339 e. The van der Waals surface area contributed by atoms with Crippen molar-refractivity contribution in [1.82, 2.24) is 4.90 Å². The SMILES string of the molecule is Cc1ccc(C)c(C(=O)c2ccccc2C(=O)OCC(=O)N2[C@H](C)CCC[C@H]2C)c1. The molecule has 2 atom stereocenters. The average molecular weight is 408 g/mol. The van der Waals surface area contributed by atoms with Crippen LogP contribution in [0.4, 0.5) is 0 Å². The number of hydrogen-bond donors (Lipinski definition) is 0. The lowest BCUT2D eigenvalue weighted by atomic mass is 9.94. The molecule has 3 rings (SSSR count). The van der Waals surface area contributed by atoms with E-state index in [9.17, 15) is 14.4 Å². The summed E-state index contributed by atoms with van der Waals surface area (Å²) >= 11 is 0. The Bertz CT molecular complexity index is 955. The molecule has 30 heavy (non-hydrogen) atoms. The van der Waals surface area contributed by atoms with Gasteiger partial charge in [-0.2, -0.15) is 0 Å². The number of ketones is 1. The molecule has 0 spiro atoms. The fourth-order valence-corrected chi connectivity index (χ4v) is 4.18. The third-order valence-electron chi connectivity index (χ3n) is 5.84. The van der Waals surface area contributed by atoms with Crippen LogP contribution < -0.4 is 0 Å². The van der Waals surface area contributed by atoms with E-state index in [1.165, 1.54) is 0 Å². The summed E-state index contributed by atoms with van der Waals surface area (Å²) in [5.74, 6) is -1.08. The Morgan fingerprint density at radius 3 is 2.23 bits per heavy atom. The van der Waals surface area contributed by atoms with Gasteiger partial charge in [-0.15, -0.1) is 0 Å². The van der Waals surface area contributed by atoms with Gasteiger partial charge in [-0.25, -0.2) is 4.79 Å². The molecule has 1 fully saturated rings. The van der Waals surface area contributed by atoms with Crippen LogP contribution in [0.5, 0.6) is 0 Å². The number of carbonyl (C=O) groups is 3. The molecule has 1 aliphatic heterocycles. The molecule has 1 heterocycles. The number of aryl methyl sites for hydroxylation is 2. The number of rotatable bonds is 5. The zero-order valence-corrected chi connectivity index (χ0v) is 18.1. The second kappa shape index (κ2) is 9.24. The molecule has 0 bridgehead atoms. The van der Waals surface area contributed by atoms with Crippen LogP contribution in [0, 0.1) is 13.8 Å². The number of piperidine rings is 1. The Balaban J connectivity index is 1.77. The first kappa shape index (κ1) is 21.8. The fourth-order valence-electron chi connectivity index (χ4n) is 4.18. The molecule has 0 radical (unpaired) electrons. The lowest BCUT2D eigenvalue weighted by Crippen LogP contribution is -2.49. The predicted molar refractivity (Wildman–Crippen MR) is 116 cm³/mol. The summed E-state index contributed by atoms with van der Waals surface area (Å²) in [6, 6.07) is 12.5.